The number of aryl methyl sites for hydroxylation is 4. The average Bonchev–Trinajstić information content (AvgIpc) is 3.49. The molecule has 4 aromatic carbocycles. The van der Waals surface area contributed by atoms with E-state index in [0.29, 0.717) is 0 Å². The number of furan rings is 1. The van der Waals surface area contributed by atoms with E-state index in [1.54, 1.807) is 0 Å². The third-order valence-electron chi connectivity index (χ3n) is 9.14. The Balaban J connectivity index is 0.000000181. The Kier molecular flexibility index (Phi) is 10.3. The summed E-state index contributed by atoms with van der Waals surface area (Å²) < 4.78 is 6.42. The van der Waals surface area contributed by atoms with Crippen LogP contribution in [-0.2, 0) is 26.5 Å². The van der Waals surface area contributed by atoms with Crippen LogP contribution >= 0.6 is 0 Å². The quantitative estimate of drug-likeness (QED) is 0.166. The van der Waals surface area contributed by atoms with Crippen LogP contribution in [0.4, 0.5) is 0 Å². The van der Waals surface area contributed by atoms with Gasteiger partial charge in [0.25, 0.3) is 0 Å². The summed E-state index contributed by atoms with van der Waals surface area (Å²) in [5.41, 5.74) is 14.2. The molecule has 0 atom stereocenters. The van der Waals surface area contributed by atoms with Crippen molar-refractivity contribution < 1.29 is 24.5 Å². The molecule has 0 unspecified atom stereocenters. The molecule has 0 aliphatic heterocycles. The fourth-order valence-electron chi connectivity index (χ4n) is 6.46. The molecule has 0 N–H and O–H groups in total. The molecule has 8 rings (SSSR count). The molecule has 0 saturated heterocycles. The number of rotatable bonds is 4. The summed E-state index contributed by atoms with van der Waals surface area (Å²) in [6.45, 7) is 15.1. The fraction of sp³-hybridized carbons (Fsp3) is 0.196. The molecule has 0 aliphatic carbocycles. The molecule has 0 aliphatic rings. The average molecular weight is 844 g/mol. The van der Waals surface area contributed by atoms with Gasteiger partial charge in [-0.25, -0.2) is 0 Å². The molecule has 4 aromatic heterocycles. The van der Waals surface area contributed by atoms with Crippen molar-refractivity contribution >= 4 is 32.7 Å². The van der Waals surface area contributed by atoms with E-state index < -0.39 is 0 Å². The first kappa shape index (κ1) is 35.9. The molecule has 4 heterocycles. The van der Waals surface area contributed by atoms with Gasteiger partial charge in [0.05, 0.1) is 5.58 Å². The van der Waals surface area contributed by atoms with Crippen molar-refractivity contribution in [3.8, 4) is 33.6 Å². The maximum atomic E-state index is 6.42. The Morgan fingerprint density at radius 2 is 1.45 bits per heavy atom. The number of aromatic nitrogens is 3. The Morgan fingerprint density at radius 1 is 0.667 bits per heavy atom. The minimum absolute atomic E-state index is 0. The van der Waals surface area contributed by atoms with Crippen molar-refractivity contribution in [2.24, 2.45) is 5.41 Å². The smallest absolute Gasteiger partial charge is 0.130 e. The van der Waals surface area contributed by atoms with Gasteiger partial charge in [0, 0.05) is 55.2 Å². The summed E-state index contributed by atoms with van der Waals surface area (Å²) in [5, 5.41) is 4.35. The van der Waals surface area contributed by atoms with Crippen LogP contribution in [0.5, 0.6) is 0 Å². The predicted molar refractivity (Wildman–Crippen MR) is 207 cm³/mol. The summed E-state index contributed by atoms with van der Waals surface area (Å²) >= 11 is 0. The molecule has 4 nitrogen and oxygen atoms in total. The van der Waals surface area contributed by atoms with Gasteiger partial charge in [-0.3, -0.25) is 4.98 Å². The molecular formula is C46H41IrN3O-2. The fourth-order valence-corrected chi connectivity index (χ4v) is 6.46. The molecule has 0 spiro atoms. The molecule has 0 bridgehead atoms. The molecule has 0 saturated carbocycles. The topological polar surface area (TPSA) is 51.8 Å². The molecular weight excluding hydrogens is 803 g/mol. The zero-order valence-electron chi connectivity index (χ0n) is 30.2. The number of fused-ring (bicyclic) bond motifs is 5. The van der Waals surface area contributed by atoms with Crippen molar-refractivity contribution in [3.05, 3.63) is 150 Å². The molecule has 0 fully saturated rings. The van der Waals surface area contributed by atoms with Gasteiger partial charge in [-0.2, -0.15) is 0 Å². The zero-order valence-corrected chi connectivity index (χ0v) is 32.6. The van der Waals surface area contributed by atoms with Crippen molar-refractivity contribution in [2.75, 3.05) is 0 Å². The van der Waals surface area contributed by atoms with E-state index in [1.807, 2.05) is 37.6 Å². The van der Waals surface area contributed by atoms with Crippen molar-refractivity contribution in [2.45, 2.75) is 54.9 Å². The van der Waals surface area contributed by atoms with Crippen LogP contribution in [0.1, 0.15) is 48.7 Å². The Hall–Kier alpha value is -4.96. The van der Waals surface area contributed by atoms with Crippen LogP contribution in [0.3, 0.4) is 0 Å². The van der Waals surface area contributed by atoms with Crippen LogP contribution in [0.2, 0.25) is 0 Å². The Labute approximate surface area is 314 Å². The van der Waals surface area contributed by atoms with Crippen molar-refractivity contribution in [3.63, 3.8) is 0 Å². The zero-order chi connectivity index (χ0) is 35.0. The van der Waals surface area contributed by atoms with E-state index in [-0.39, 0.29) is 25.5 Å². The van der Waals surface area contributed by atoms with Gasteiger partial charge in [-0.05, 0) is 72.6 Å². The molecule has 1 radical (unpaired) electrons. The van der Waals surface area contributed by atoms with Gasteiger partial charge in [0.2, 0.25) is 0 Å². The van der Waals surface area contributed by atoms with Crippen molar-refractivity contribution in [1.29, 1.82) is 0 Å². The van der Waals surface area contributed by atoms with E-state index in [0.717, 1.165) is 67.3 Å². The molecule has 0 amide bonds. The van der Waals surface area contributed by atoms with Gasteiger partial charge in [0.15, 0.2) is 0 Å². The SMILES string of the molecule is Cc1cc2ccc3c4cc[c-]c(-c5cc(CC(C)(C)C)ccn5)c4oc3c2cn1.Cc1cnc(-c2[c-]cc(C)c(-c3ccccc3)c2)cc1C.[Ir]. The van der Waals surface area contributed by atoms with Crippen LogP contribution in [0, 0.1) is 45.2 Å². The van der Waals surface area contributed by atoms with E-state index in [2.05, 4.69) is 147 Å². The van der Waals surface area contributed by atoms with E-state index in [9.17, 15) is 0 Å². The number of nitrogens with zero attached hydrogens (tertiary/aromatic N) is 3. The first-order chi connectivity index (χ1) is 24.0. The van der Waals surface area contributed by atoms with Gasteiger partial charge >= 0.3 is 0 Å². The number of pyridine rings is 3. The summed E-state index contributed by atoms with van der Waals surface area (Å²) in [4.78, 5) is 13.6. The first-order valence-electron chi connectivity index (χ1n) is 17.1. The molecule has 51 heavy (non-hydrogen) atoms. The minimum Gasteiger partial charge on any atom is -0.500 e. The monoisotopic (exact) mass is 844 g/mol. The van der Waals surface area contributed by atoms with Crippen LogP contribution < -0.4 is 0 Å². The second kappa shape index (κ2) is 14.7. The largest absolute Gasteiger partial charge is 0.500 e. The third kappa shape index (κ3) is 7.71. The van der Waals surface area contributed by atoms with Gasteiger partial charge in [-0.15, -0.1) is 47.5 Å². The van der Waals surface area contributed by atoms with Crippen LogP contribution in [0.25, 0.3) is 66.4 Å². The number of hydrogen-bond acceptors (Lipinski definition) is 4. The summed E-state index contributed by atoms with van der Waals surface area (Å²) in [5.74, 6) is 0. The van der Waals surface area contributed by atoms with Gasteiger partial charge in [0.1, 0.15) is 5.58 Å². The minimum atomic E-state index is 0. The standard InChI is InChI=1S/C26H23N2O.C20H18N.Ir/c1-16-12-18-8-9-20-19-6-5-7-21(24(19)29-25(20)22(18)15-28-16)23-13-17(10-11-27-23)14-26(2,3)4;1-14-9-10-18(20-11-15(2)16(3)13-21-20)12-19(14)17-7-5-4-6-8-17;/h5-6,8-13,15H,14H2,1-4H3;4-9,11-13H,1-3H3;/q2*-1;. The third-order valence-corrected chi connectivity index (χ3v) is 9.14. The second-order valence-corrected chi connectivity index (χ2v) is 14.4. The van der Waals surface area contributed by atoms with Crippen LogP contribution in [-0.4, -0.2) is 15.0 Å². The van der Waals surface area contributed by atoms with Gasteiger partial charge in [-0.1, -0.05) is 110 Å². The Morgan fingerprint density at radius 3 is 2.22 bits per heavy atom. The van der Waals surface area contributed by atoms with Crippen LogP contribution in [0.15, 0.2) is 114 Å². The maximum absolute atomic E-state index is 6.42. The molecule has 8 aromatic rings. The predicted octanol–water partition coefficient (Wildman–Crippen LogP) is 12.0. The molecule has 257 valence electrons. The molecule has 5 heteroatoms. The normalized spacial score (nSPS) is 11.4. The number of benzene rings is 4. The van der Waals surface area contributed by atoms with E-state index in [4.69, 9.17) is 4.42 Å². The van der Waals surface area contributed by atoms with E-state index >= 15 is 0 Å². The summed E-state index contributed by atoms with van der Waals surface area (Å²) in [7, 11) is 0. The maximum Gasteiger partial charge on any atom is 0.130 e. The van der Waals surface area contributed by atoms with Crippen molar-refractivity contribution in [1.82, 2.24) is 15.0 Å². The summed E-state index contributed by atoms with van der Waals surface area (Å²) in [6.07, 6.45) is 6.71. The number of hydrogen-bond donors (Lipinski definition) is 0. The first-order valence-corrected chi connectivity index (χ1v) is 17.1. The van der Waals surface area contributed by atoms with E-state index in [1.165, 1.54) is 33.4 Å². The Bertz CT molecular complexity index is 2490. The van der Waals surface area contributed by atoms with Gasteiger partial charge < -0.3 is 14.4 Å². The summed E-state index contributed by atoms with van der Waals surface area (Å²) in [6, 6.07) is 38.2. The second-order valence-electron chi connectivity index (χ2n) is 14.4.